The molecule has 0 aliphatic heterocycles. The van der Waals surface area contributed by atoms with Gasteiger partial charge in [-0.1, -0.05) is 126 Å². The molecule has 0 fully saturated rings. The number of hydrogen-bond acceptors (Lipinski definition) is 4. The van der Waals surface area contributed by atoms with Crippen LogP contribution in [0.4, 0.5) is 11.4 Å². The number of nitrogens with zero attached hydrogens (tertiary/aromatic N) is 2. The van der Waals surface area contributed by atoms with E-state index in [0.29, 0.717) is 11.1 Å². The van der Waals surface area contributed by atoms with E-state index in [1.807, 2.05) is 72.8 Å². The molecular formula is C42H40Cl2N2O2Zr. The molecule has 0 spiro atoms. The SMILES string of the molecule is CC(C)(C)c1cccc(C=Nc2ccc3ccccc3c2-c2c(N=Cc3cccc(C(C)(C)C)c3O)ccc3ccccc23)c1O.[Cl][Zr][Cl]. The van der Waals surface area contributed by atoms with Gasteiger partial charge < -0.3 is 10.2 Å². The van der Waals surface area contributed by atoms with Gasteiger partial charge in [0.1, 0.15) is 11.5 Å². The maximum atomic E-state index is 11.2. The first-order valence-corrected chi connectivity index (χ1v) is 22.4. The Morgan fingerprint density at radius 1 is 0.510 bits per heavy atom. The summed E-state index contributed by atoms with van der Waals surface area (Å²) in [5, 5.41) is 26.7. The van der Waals surface area contributed by atoms with Crippen molar-refractivity contribution in [2.75, 3.05) is 0 Å². The van der Waals surface area contributed by atoms with E-state index in [0.717, 1.165) is 55.2 Å². The van der Waals surface area contributed by atoms with Crippen molar-refractivity contribution < 1.29 is 31.1 Å². The Hall–Kier alpha value is -3.76. The number of rotatable bonds is 5. The molecule has 0 radical (unpaired) electrons. The standard InChI is InChI=1S/C42H40N2O2.2ClH.Zr/c1-41(2,3)33-19-11-15-29(39(33)45)25-43-35-23-21-27-13-7-9-17-31(27)37(35)38-32-18-10-8-14-28(32)22-24-36(38)44-26-30-16-12-20-34(40(30)46)42(4,5)6;;;/h7-26,45-46H,1-6H3;2*1H;/q;;;+2/p-2. The second kappa shape index (κ2) is 15.4. The van der Waals surface area contributed by atoms with Gasteiger partial charge in [-0.15, -0.1) is 0 Å². The van der Waals surface area contributed by atoms with Gasteiger partial charge in [0.15, 0.2) is 0 Å². The molecule has 0 bridgehead atoms. The van der Waals surface area contributed by atoms with Crippen molar-refractivity contribution in [3.05, 3.63) is 131 Å². The van der Waals surface area contributed by atoms with Gasteiger partial charge in [0.2, 0.25) is 0 Å². The summed E-state index contributed by atoms with van der Waals surface area (Å²) in [5.41, 5.74) is 6.11. The van der Waals surface area contributed by atoms with Crippen LogP contribution in [0.2, 0.25) is 0 Å². The summed E-state index contributed by atoms with van der Waals surface area (Å²) in [6.45, 7) is 12.5. The minimum absolute atomic E-state index is 0.210. The van der Waals surface area contributed by atoms with Gasteiger partial charge in [0, 0.05) is 34.7 Å². The van der Waals surface area contributed by atoms with Gasteiger partial charge in [0.25, 0.3) is 0 Å². The molecule has 0 aromatic heterocycles. The number of fused-ring (bicyclic) bond motifs is 2. The van der Waals surface area contributed by atoms with Crippen LogP contribution in [0.3, 0.4) is 0 Å². The van der Waals surface area contributed by atoms with E-state index in [4.69, 9.17) is 27.0 Å². The quantitative estimate of drug-likeness (QED) is 0.172. The normalized spacial score (nSPS) is 12.1. The van der Waals surface area contributed by atoms with Gasteiger partial charge in [-0.25, -0.2) is 0 Å². The van der Waals surface area contributed by atoms with E-state index in [-0.39, 0.29) is 22.3 Å². The molecular weight excluding hydrogens is 727 g/mol. The number of hydrogen-bond donors (Lipinski definition) is 2. The van der Waals surface area contributed by atoms with Crippen LogP contribution in [0.5, 0.6) is 11.5 Å². The van der Waals surface area contributed by atoms with Crippen LogP contribution in [0.25, 0.3) is 32.7 Å². The molecule has 0 aliphatic rings. The van der Waals surface area contributed by atoms with Gasteiger partial charge in [-0.05, 0) is 67.8 Å². The number of phenolic OH excluding ortho intramolecular Hbond substituents is 2. The Kier molecular flexibility index (Phi) is 11.5. The average molecular weight is 767 g/mol. The zero-order chi connectivity index (χ0) is 35.3. The second-order valence-corrected chi connectivity index (χ2v) is 17.7. The zero-order valence-electron chi connectivity index (χ0n) is 28.6. The number of aromatic hydroxyl groups is 2. The average Bonchev–Trinajstić information content (AvgIpc) is 3.06. The van der Waals surface area contributed by atoms with Crippen molar-refractivity contribution in [2.45, 2.75) is 52.4 Å². The fourth-order valence-electron chi connectivity index (χ4n) is 6.08. The van der Waals surface area contributed by atoms with E-state index in [2.05, 4.69) is 77.9 Å². The van der Waals surface area contributed by atoms with Crippen LogP contribution in [0.15, 0.2) is 119 Å². The van der Waals surface area contributed by atoms with E-state index < -0.39 is 20.8 Å². The van der Waals surface area contributed by atoms with Gasteiger partial charge in [-0.2, -0.15) is 0 Å². The molecule has 0 saturated carbocycles. The van der Waals surface area contributed by atoms with Crippen LogP contribution in [0, 0.1) is 0 Å². The maximum absolute atomic E-state index is 11.2. The third-order valence-corrected chi connectivity index (χ3v) is 8.50. The fraction of sp³-hybridized carbons (Fsp3) is 0.190. The first-order valence-electron chi connectivity index (χ1n) is 16.1. The number of benzene rings is 6. The number of halogens is 2. The molecule has 0 heterocycles. The van der Waals surface area contributed by atoms with E-state index >= 15 is 0 Å². The van der Waals surface area contributed by atoms with E-state index in [1.54, 1.807) is 12.4 Å². The van der Waals surface area contributed by atoms with Crippen molar-refractivity contribution >= 4 is 62.4 Å². The third-order valence-electron chi connectivity index (χ3n) is 8.50. The molecule has 49 heavy (non-hydrogen) atoms. The van der Waals surface area contributed by atoms with Crippen LogP contribution in [0.1, 0.15) is 63.8 Å². The zero-order valence-corrected chi connectivity index (χ0v) is 32.6. The summed E-state index contributed by atoms with van der Waals surface area (Å²) in [6.07, 6.45) is 3.50. The number of phenols is 2. The van der Waals surface area contributed by atoms with Crippen molar-refractivity contribution in [3.63, 3.8) is 0 Å². The Morgan fingerprint density at radius 3 is 1.24 bits per heavy atom. The summed E-state index contributed by atoms with van der Waals surface area (Å²) in [7, 11) is 9.87. The summed E-state index contributed by atoms with van der Waals surface area (Å²) >= 11 is -0.826. The molecule has 6 rings (SSSR count). The molecule has 4 nitrogen and oxygen atoms in total. The first-order chi connectivity index (χ1) is 23.3. The molecule has 0 amide bonds. The number of aliphatic imine (C=N–C) groups is 2. The first kappa shape index (κ1) is 36.5. The van der Waals surface area contributed by atoms with Crippen LogP contribution in [-0.2, 0) is 31.7 Å². The Morgan fingerprint density at radius 2 is 0.878 bits per heavy atom. The monoisotopic (exact) mass is 764 g/mol. The summed E-state index contributed by atoms with van der Waals surface area (Å²) in [5.74, 6) is 0.489. The van der Waals surface area contributed by atoms with Crippen molar-refractivity contribution in [3.8, 4) is 22.6 Å². The van der Waals surface area contributed by atoms with Crippen LogP contribution < -0.4 is 0 Å². The molecule has 2 N–H and O–H groups in total. The molecule has 0 unspecified atom stereocenters. The molecule has 6 aromatic carbocycles. The van der Waals surface area contributed by atoms with Gasteiger partial charge in [-0.3, -0.25) is 9.98 Å². The number of para-hydroxylation sites is 2. The Balaban J connectivity index is 0.00000151. The van der Waals surface area contributed by atoms with E-state index in [9.17, 15) is 10.2 Å². The van der Waals surface area contributed by atoms with Gasteiger partial charge in [0.05, 0.1) is 11.4 Å². The molecule has 6 aromatic rings. The second-order valence-electron chi connectivity index (χ2n) is 13.9. The van der Waals surface area contributed by atoms with Crippen LogP contribution >= 0.6 is 17.0 Å². The van der Waals surface area contributed by atoms with E-state index in [1.165, 1.54) is 0 Å². The summed E-state index contributed by atoms with van der Waals surface area (Å²) in [4.78, 5) is 10.1. The van der Waals surface area contributed by atoms with Crippen molar-refractivity contribution in [1.29, 1.82) is 0 Å². The Labute approximate surface area is 307 Å². The molecule has 0 atom stereocenters. The molecule has 7 heteroatoms. The topological polar surface area (TPSA) is 65.2 Å². The predicted molar refractivity (Wildman–Crippen MR) is 207 cm³/mol. The molecule has 0 saturated heterocycles. The van der Waals surface area contributed by atoms with Crippen molar-refractivity contribution in [2.24, 2.45) is 9.98 Å². The molecule has 248 valence electrons. The van der Waals surface area contributed by atoms with Gasteiger partial charge >= 0.3 is 37.9 Å². The summed E-state index contributed by atoms with van der Waals surface area (Å²) in [6, 6.07) is 36.5. The minimum atomic E-state index is -0.826. The summed E-state index contributed by atoms with van der Waals surface area (Å²) < 4.78 is 0. The fourth-order valence-corrected chi connectivity index (χ4v) is 6.08. The Bertz CT molecular complexity index is 2020. The van der Waals surface area contributed by atoms with Crippen LogP contribution in [-0.4, -0.2) is 22.6 Å². The molecule has 0 aliphatic carbocycles. The van der Waals surface area contributed by atoms with Crippen molar-refractivity contribution in [1.82, 2.24) is 0 Å². The predicted octanol–water partition coefficient (Wildman–Crippen LogP) is 12.5. The third kappa shape index (κ3) is 8.18.